The number of methoxy groups -OCH3 is 1. The summed E-state index contributed by atoms with van der Waals surface area (Å²) in [7, 11) is 1.57. The number of carbonyl (C=O) groups is 1. The minimum Gasteiger partial charge on any atom is -0.480 e. The molecule has 4 heterocycles. The number of hydrogen-bond donors (Lipinski definition) is 3. The summed E-state index contributed by atoms with van der Waals surface area (Å²) in [6.07, 6.45) is 8.26. The highest BCUT2D eigenvalue weighted by atomic mass is 19.1. The Bertz CT molecular complexity index is 1340. The molecule has 1 fully saturated rings. The summed E-state index contributed by atoms with van der Waals surface area (Å²) in [5.41, 5.74) is 2.60. The van der Waals surface area contributed by atoms with Crippen LogP contribution < -0.4 is 15.4 Å². The van der Waals surface area contributed by atoms with Gasteiger partial charge in [0.25, 0.3) is 0 Å². The van der Waals surface area contributed by atoms with Crippen molar-refractivity contribution in [3.63, 3.8) is 0 Å². The van der Waals surface area contributed by atoms with E-state index in [9.17, 15) is 9.18 Å². The lowest BCUT2D eigenvalue weighted by Crippen LogP contribution is -2.49. The number of amides is 1. The number of rotatable bonds is 5. The van der Waals surface area contributed by atoms with E-state index in [0.717, 1.165) is 42.2 Å². The Morgan fingerprint density at radius 2 is 2.09 bits per heavy atom. The van der Waals surface area contributed by atoms with Crippen LogP contribution in [0, 0.1) is 5.95 Å². The third-order valence-electron chi connectivity index (χ3n) is 6.36. The first kappa shape index (κ1) is 21.2. The van der Waals surface area contributed by atoms with Crippen LogP contribution >= 0.6 is 0 Å². The summed E-state index contributed by atoms with van der Waals surface area (Å²) in [5.74, 6) is 0.490. The fourth-order valence-corrected chi connectivity index (χ4v) is 4.68. The van der Waals surface area contributed by atoms with Gasteiger partial charge < -0.3 is 20.4 Å². The van der Waals surface area contributed by atoms with Gasteiger partial charge in [-0.05, 0) is 44.7 Å². The van der Waals surface area contributed by atoms with Crippen LogP contribution in [0.3, 0.4) is 0 Å². The topological polar surface area (TPSA) is 109 Å². The Kier molecular flexibility index (Phi) is 5.15. The van der Waals surface area contributed by atoms with Crippen molar-refractivity contribution in [1.29, 1.82) is 0 Å². The Hall–Kier alpha value is -3.69. The molecule has 0 radical (unpaired) electrons. The highest BCUT2D eigenvalue weighted by Gasteiger charge is 2.32. The lowest BCUT2D eigenvalue weighted by Gasteiger charge is -2.38. The maximum absolute atomic E-state index is 14.0. The van der Waals surface area contributed by atoms with E-state index in [1.54, 1.807) is 26.3 Å². The molecule has 10 heteroatoms. The van der Waals surface area contributed by atoms with Gasteiger partial charge in [0, 0.05) is 42.0 Å². The minimum absolute atomic E-state index is 0.0000872. The monoisotopic (exact) mass is 451 g/mol. The number of nitrogens with zero attached hydrogens (tertiary/aromatic N) is 4. The van der Waals surface area contributed by atoms with Crippen molar-refractivity contribution in [2.75, 3.05) is 12.4 Å². The first-order valence-electron chi connectivity index (χ1n) is 11.0. The molecule has 5 rings (SSSR count). The molecule has 1 saturated carbocycles. The van der Waals surface area contributed by atoms with E-state index in [-0.39, 0.29) is 17.5 Å². The van der Waals surface area contributed by atoms with Crippen LogP contribution in [0.4, 0.5) is 10.3 Å². The maximum atomic E-state index is 14.0. The van der Waals surface area contributed by atoms with Gasteiger partial charge in [0.15, 0.2) is 0 Å². The van der Waals surface area contributed by atoms with Gasteiger partial charge in [0.1, 0.15) is 11.3 Å². The average molecular weight is 452 g/mol. The lowest BCUT2D eigenvalue weighted by atomic mass is 9.81. The Morgan fingerprint density at radius 3 is 2.82 bits per heavy atom. The molecule has 0 saturated heterocycles. The van der Waals surface area contributed by atoms with Crippen molar-refractivity contribution in [2.45, 2.75) is 51.1 Å². The predicted molar refractivity (Wildman–Crippen MR) is 123 cm³/mol. The second-order valence-corrected chi connectivity index (χ2v) is 8.87. The number of pyridine rings is 1. The number of hydrogen-bond acceptors (Lipinski definition) is 6. The zero-order valence-electron chi connectivity index (χ0n) is 18.8. The van der Waals surface area contributed by atoms with E-state index < -0.39 is 5.95 Å². The molecule has 4 aromatic heterocycles. The van der Waals surface area contributed by atoms with Crippen LogP contribution in [0.2, 0.25) is 0 Å². The molecule has 33 heavy (non-hydrogen) atoms. The van der Waals surface area contributed by atoms with E-state index >= 15 is 0 Å². The van der Waals surface area contributed by atoms with Gasteiger partial charge in [-0.3, -0.25) is 9.20 Å². The Morgan fingerprint density at radius 1 is 1.30 bits per heavy atom. The fourth-order valence-electron chi connectivity index (χ4n) is 4.68. The standard InChI is InChI=1S/C23H26FN7O2/c1-13(32)30-23(2)8-6-15(7-9-23)27-22-28-20-19(21(29-22)33-3)16(10-26-20)14-4-5-18-25-11-17(24)31(18)12-14/h4-5,10-12,15H,6-9H2,1-3H3,(H,30,32)(H2,26,27,28,29). The quantitative estimate of drug-likeness (QED) is 0.427. The number of imidazole rings is 1. The molecular weight excluding hydrogens is 425 g/mol. The largest absolute Gasteiger partial charge is 0.480 e. The second kappa shape index (κ2) is 8.02. The number of anilines is 1. The molecule has 0 aliphatic heterocycles. The average Bonchev–Trinajstić information content (AvgIpc) is 3.38. The normalized spacial score (nSPS) is 20.8. The Labute approximate surface area is 189 Å². The van der Waals surface area contributed by atoms with Crippen molar-refractivity contribution < 1.29 is 13.9 Å². The van der Waals surface area contributed by atoms with Gasteiger partial charge >= 0.3 is 0 Å². The number of aromatic amines is 1. The van der Waals surface area contributed by atoms with Crippen LogP contribution in [0.25, 0.3) is 27.8 Å². The summed E-state index contributed by atoms with van der Waals surface area (Å²) in [4.78, 5) is 27.9. The van der Waals surface area contributed by atoms with Gasteiger partial charge in [-0.15, -0.1) is 0 Å². The summed E-state index contributed by atoms with van der Waals surface area (Å²) < 4.78 is 21.0. The van der Waals surface area contributed by atoms with Crippen molar-refractivity contribution in [2.24, 2.45) is 0 Å². The van der Waals surface area contributed by atoms with E-state index in [2.05, 4.69) is 37.5 Å². The van der Waals surface area contributed by atoms with Crippen molar-refractivity contribution in [3.05, 3.63) is 36.7 Å². The molecule has 0 unspecified atom stereocenters. The van der Waals surface area contributed by atoms with Crippen molar-refractivity contribution in [1.82, 2.24) is 29.7 Å². The van der Waals surface area contributed by atoms with Gasteiger partial charge in [0.05, 0.1) is 18.7 Å². The van der Waals surface area contributed by atoms with Crippen LogP contribution in [0.1, 0.15) is 39.5 Å². The predicted octanol–water partition coefficient (Wildman–Crippen LogP) is 3.67. The zero-order chi connectivity index (χ0) is 23.2. The first-order valence-corrected chi connectivity index (χ1v) is 11.0. The van der Waals surface area contributed by atoms with E-state index in [4.69, 9.17) is 4.74 Å². The minimum atomic E-state index is -0.427. The number of halogens is 1. The highest BCUT2D eigenvalue weighted by molar-refractivity contribution is 5.97. The van der Waals surface area contributed by atoms with Crippen molar-refractivity contribution in [3.8, 4) is 17.0 Å². The van der Waals surface area contributed by atoms with Gasteiger partial charge in [-0.25, -0.2) is 4.98 Å². The van der Waals surface area contributed by atoms with Crippen LogP contribution in [-0.4, -0.2) is 48.9 Å². The number of carbonyl (C=O) groups excluding carboxylic acids is 1. The fraction of sp³-hybridized carbons (Fsp3) is 0.391. The van der Waals surface area contributed by atoms with E-state index in [1.165, 1.54) is 10.6 Å². The van der Waals surface area contributed by atoms with Crippen LogP contribution in [0.5, 0.6) is 5.88 Å². The molecule has 3 N–H and O–H groups in total. The number of nitrogens with one attached hydrogen (secondary N) is 3. The van der Waals surface area contributed by atoms with Gasteiger partial charge in [0.2, 0.25) is 23.7 Å². The third-order valence-corrected chi connectivity index (χ3v) is 6.36. The molecule has 0 bridgehead atoms. The molecular formula is C23H26FN7O2. The van der Waals surface area contributed by atoms with E-state index in [0.29, 0.717) is 23.1 Å². The molecule has 0 spiro atoms. The number of fused-ring (bicyclic) bond motifs is 2. The second-order valence-electron chi connectivity index (χ2n) is 8.87. The summed E-state index contributed by atoms with van der Waals surface area (Å²) in [5, 5.41) is 7.21. The molecule has 1 aliphatic rings. The molecule has 172 valence electrons. The summed E-state index contributed by atoms with van der Waals surface area (Å²) in [6, 6.07) is 3.85. The smallest absolute Gasteiger partial charge is 0.228 e. The first-order chi connectivity index (χ1) is 15.8. The van der Waals surface area contributed by atoms with Crippen LogP contribution in [-0.2, 0) is 4.79 Å². The van der Waals surface area contributed by atoms with E-state index in [1.807, 2.05) is 12.3 Å². The van der Waals surface area contributed by atoms with Crippen LogP contribution in [0.15, 0.2) is 30.7 Å². The number of ether oxygens (including phenoxy) is 1. The molecule has 1 aliphatic carbocycles. The zero-order valence-corrected chi connectivity index (χ0v) is 18.8. The molecule has 0 atom stereocenters. The molecule has 0 aromatic carbocycles. The summed E-state index contributed by atoms with van der Waals surface area (Å²) in [6.45, 7) is 3.64. The Balaban J connectivity index is 1.41. The van der Waals surface area contributed by atoms with Gasteiger partial charge in [-0.1, -0.05) is 0 Å². The molecule has 4 aromatic rings. The summed E-state index contributed by atoms with van der Waals surface area (Å²) >= 11 is 0. The number of H-pyrrole nitrogens is 1. The molecule has 9 nitrogen and oxygen atoms in total. The maximum Gasteiger partial charge on any atom is 0.228 e. The van der Waals surface area contributed by atoms with Gasteiger partial charge in [-0.2, -0.15) is 14.4 Å². The molecule has 1 amide bonds. The third kappa shape index (κ3) is 3.96. The number of aromatic nitrogens is 5. The lowest BCUT2D eigenvalue weighted by molar-refractivity contribution is -0.121. The van der Waals surface area contributed by atoms with Crippen molar-refractivity contribution >= 4 is 28.5 Å². The SMILES string of the molecule is COc1nc(NC2CCC(C)(NC(C)=O)CC2)nc2[nH]cc(-c3ccc4ncc(F)n4c3)c12. The highest BCUT2D eigenvalue weighted by Crippen LogP contribution is 2.35.